The van der Waals surface area contributed by atoms with E-state index in [1.54, 1.807) is 24.3 Å². The second kappa shape index (κ2) is 10.5. The van der Waals surface area contributed by atoms with E-state index in [-0.39, 0.29) is 18.5 Å². The summed E-state index contributed by atoms with van der Waals surface area (Å²) < 4.78 is 74.1. The van der Waals surface area contributed by atoms with E-state index < -0.39 is 42.2 Å². The van der Waals surface area contributed by atoms with Crippen molar-refractivity contribution in [3.05, 3.63) is 65.2 Å². The maximum Gasteiger partial charge on any atom is 0.490 e. The molecule has 0 heterocycles. The summed E-state index contributed by atoms with van der Waals surface area (Å²) in [6.07, 6.45) is -9.28. The Morgan fingerprint density at radius 3 is 2.35 bits per heavy atom. The molecule has 0 spiro atoms. The van der Waals surface area contributed by atoms with E-state index >= 15 is 0 Å². The number of aliphatic hydroxyl groups excluding tert-OH is 1. The van der Waals surface area contributed by atoms with Crippen LogP contribution < -0.4 is 15.8 Å². The number of hydrogen-bond donors (Lipinski definition) is 3. The molecule has 0 saturated carbocycles. The number of ether oxygens (including phenoxy) is 2. The van der Waals surface area contributed by atoms with Crippen molar-refractivity contribution in [1.29, 1.82) is 0 Å². The fourth-order valence-electron chi connectivity index (χ4n) is 2.76. The van der Waals surface area contributed by atoms with E-state index in [1.807, 2.05) is 0 Å². The summed E-state index contributed by atoms with van der Waals surface area (Å²) in [6.45, 7) is -0.106. The van der Waals surface area contributed by atoms with Gasteiger partial charge in [-0.05, 0) is 41.8 Å². The van der Waals surface area contributed by atoms with E-state index in [0.29, 0.717) is 17.4 Å². The van der Waals surface area contributed by atoms with Gasteiger partial charge in [-0.25, -0.2) is 13.6 Å². The molecule has 170 valence electrons. The molecule has 11 heteroatoms. The number of carbonyl (C=O) groups is 1. The smallest absolute Gasteiger partial charge is 0.490 e. The molecule has 0 amide bonds. The molecule has 2 rings (SSSR count). The Kier molecular flexibility index (Phi) is 8.31. The lowest BCUT2D eigenvalue weighted by Gasteiger charge is -2.28. The summed E-state index contributed by atoms with van der Waals surface area (Å²) in [4.78, 5) is 11.3. The number of nitrogens with two attached hydrogens (primary N) is 1. The number of methoxy groups -OCH3 is 1. The third-order valence-electron chi connectivity index (χ3n) is 4.25. The Morgan fingerprint density at radius 2 is 1.77 bits per heavy atom. The third-order valence-corrected chi connectivity index (χ3v) is 4.25. The second-order valence-corrected chi connectivity index (χ2v) is 6.69. The van der Waals surface area contributed by atoms with Crippen molar-refractivity contribution in [1.82, 2.24) is 5.32 Å². The van der Waals surface area contributed by atoms with Crippen LogP contribution in [0.25, 0.3) is 0 Å². The Hall–Kier alpha value is -2.76. The van der Waals surface area contributed by atoms with Crippen molar-refractivity contribution in [2.75, 3.05) is 7.11 Å². The largest absolute Gasteiger partial charge is 0.497 e. The first-order chi connectivity index (χ1) is 14.5. The molecule has 6 nitrogen and oxygen atoms in total. The zero-order chi connectivity index (χ0) is 23.2. The lowest BCUT2D eigenvalue weighted by atomic mass is 10.0. The molecule has 31 heavy (non-hydrogen) atoms. The lowest BCUT2D eigenvalue weighted by molar-refractivity contribution is -0.212. The number of alkyl halides is 3. The van der Waals surface area contributed by atoms with Gasteiger partial charge in [-0.1, -0.05) is 12.1 Å². The highest BCUT2D eigenvalue weighted by Gasteiger charge is 2.43. The van der Waals surface area contributed by atoms with Gasteiger partial charge < -0.3 is 20.3 Å². The highest BCUT2D eigenvalue weighted by Crippen LogP contribution is 2.20. The van der Waals surface area contributed by atoms with Crippen molar-refractivity contribution in [2.45, 2.75) is 37.5 Å². The van der Waals surface area contributed by atoms with Gasteiger partial charge in [0.15, 0.2) is 6.23 Å². The van der Waals surface area contributed by atoms with E-state index in [0.717, 1.165) is 12.1 Å². The average Bonchev–Trinajstić information content (AvgIpc) is 2.69. The lowest BCUT2D eigenvalue weighted by Crippen LogP contribution is -2.53. The molecule has 0 aliphatic heterocycles. The van der Waals surface area contributed by atoms with Crippen molar-refractivity contribution in [3.8, 4) is 5.75 Å². The van der Waals surface area contributed by atoms with Gasteiger partial charge >= 0.3 is 12.1 Å². The minimum Gasteiger partial charge on any atom is -0.497 e. The number of benzene rings is 2. The number of hydrogen-bond acceptors (Lipinski definition) is 6. The van der Waals surface area contributed by atoms with Crippen LogP contribution >= 0.6 is 0 Å². The molecule has 1 unspecified atom stereocenters. The van der Waals surface area contributed by atoms with Gasteiger partial charge in [0.25, 0.3) is 0 Å². The SMILES string of the molecule is COc1cccc(CNC(OC(=O)C(F)(F)F)[C@H](O)[C@@H](N)Cc2cc(F)cc(F)c2)c1. The molecule has 4 N–H and O–H groups in total. The number of esters is 1. The van der Waals surface area contributed by atoms with Crippen LogP contribution in [-0.2, 0) is 22.5 Å². The van der Waals surface area contributed by atoms with Gasteiger partial charge in [0.1, 0.15) is 23.5 Å². The predicted molar refractivity (Wildman–Crippen MR) is 99.8 cm³/mol. The minimum atomic E-state index is -5.30. The Morgan fingerprint density at radius 1 is 1.13 bits per heavy atom. The van der Waals surface area contributed by atoms with Crippen molar-refractivity contribution >= 4 is 5.97 Å². The van der Waals surface area contributed by atoms with E-state index in [4.69, 9.17) is 10.5 Å². The fraction of sp³-hybridized carbons (Fsp3) is 0.350. The molecule has 0 aliphatic rings. The highest BCUT2D eigenvalue weighted by atomic mass is 19.4. The van der Waals surface area contributed by atoms with E-state index in [2.05, 4.69) is 10.1 Å². The van der Waals surface area contributed by atoms with Crippen LogP contribution in [0.4, 0.5) is 22.0 Å². The molecule has 0 aromatic heterocycles. The molecule has 0 bridgehead atoms. The monoisotopic (exact) mass is 448 g/mol. The number of nitrogens with one attached hydrogen (secondary N) is 1. The third kappa shape index (κ3) is 7.46. The van der Waals surface area contributed by atoms with Gasteiger partial charge in [-0.3, -0.25) is 5.32 Å². The molecular formula is C20H21F5N2O4. The molecule has 0 radical (unpaired) electrons. The molecule has 0 aliphatic carbocycles. The van der Waals surface area contributed by atoms with Crippen LogP contribution in [0.3, 0.4) is 0 Å². The summed E-state index contributed by atoms with van der Waals surface area (Å²) in [5, 5.41) is 12.9. The van der Waals surface area contributed by atoms with Gasteiger partial charge in [0, 0.05) is 18.7 Å². The summed E-state index contributed by atoms with van der Waals surface area (Å²) >= 11 is 0. The first-order valence-corrected chi connectivity index (χ1v) is 9.02. The van der Waals surface area contributed by atoms with E-state index in [1.165, 1.54) is 7.11 Å². The van der Waals surface area contributed by atoms with E-state index in [9.17, 15) is 31.9 Å². The van der Waals surface area contributed by atoms with Crippen LogP contribution in [0.5, 0.6) is 5.75 Å². The quantitative estimate of drug-likeness (QED) is 0.310. The Bertz CT molecular complexity index is 874. The molecule has 2 aromatic carbocycles. The normalized spacial score (nSPS) is 14.6. The summed E-state index contributed by atoms with van der Waals surface area (Å²) in [6, 6.07) is 7.74. The molecule has 2 aromatic rings. The van der Waals surface area contributed by atoms with Crippen LogP contribution in [0.2, 0.25) is 0 Å². The number of halogens is 5. The number of carbonyl (C=O) groups excluding carboxylic acids is 1. The molecule has 3 atom stereocenters. The average molecular weight is 448 g/mol. The Balaban J connectivity index is 2.15. The second-order valence-electron chi connectivity index (χ2n) is 6.69. The fourth-order valence-corrected chi connectivity index (χ4v) is 2.76. The van der Waals surface area contributed by atoms with Crippen LogP contribution in [0, 0.1) is 11.6 Å². The summed E-state index contributed by atoms with van der Waals surface area (Å²) in [5.41, 5.74) is 6.45. The summed E-state index contributed by atoms with van der Waals surface area (Å²) in [7, 11) is 1.43. The van der Waals surface area contributed by atoms with Crippen LogP contribution in [-0.4, -0.2) is 42.7 Å². The van der Waals surface area contributed by atoms with Crippen molar-refractivity contribution < 1.29 is 41.3 Å². The topological polar surface area (TPSA) is 93.8 Å². The number of rotatable bonds is 9. The first kappa shape index (κ1) is 24.5. The number of aliphatic hydroxyl groups is 1. The van der Waals surface area contributed by atoms with Crippen LogP contribution in [0.15, 0.2) is 42.5 Å². The van der Waals surface area contributed by atoms with Gasteiger partial charge in [-0.2, -0.15) is 13.2 Å². The first-order valence-electron chi connectivity index (χ1n) is 9.02. The van der Waals surface area contributed by atoms with Crippen LogP contribution in [0.1, 0.15) is 11.1 Å². The maximum absolute atomic E-state index is 13.4. The van der Waals surface area contributed by atoms with Crippen molar-refractivity contribution in [3.63, 3.8) is 0 Å². The Labute approximate surface area is 174 Å². The zero-order valence-corrected chi connectivity index (χ0v) is 16.3. The molecular weight excluding hydrogens is 427 g/mol. The van der Waals surface area contributed by atoms with Crippen molar-refractivity contribution in [2.24, 2.45) is 5.73 Å². The predicted octanol–water partition coefficient (Wildman–Crippen LogP) is 2.43. The molecule has 0 saturated heterocycles. The highest BCUT2D eigenvalue weighted by molar-refractivity contribution is 5.75. The zero-order valence-electron chi connectivity index (χ0n) is 16.3. The van der Waals surface area contributed by atoms with Gasteiger partial charge in [0.05, 0.1) is 7.11 Å². The van der Waals surface area contributed by atoms with Gasteiger partial charge in [-0.15, -0.1) is 0 Å². The van der Waals surface area contributed by atoms with Gasteiger partial charge in [0.2, 0.25) is 0 Å². The standard InChI is InChI=1S/C20H21F5N2O4/c1-30-15-4-2-3-11(7-15)10-27-18(31-19(29)20(23,24)25)17(28)16(26)8-12-5-13(21)9-14(22)6-12/h2-7,9,16-18,27-28H,8,10,26H2,1H3/t16-,17+,18?/m0/s1. The molecule has 0 fully saturated rings. The minimum absolute atomic E-state index is 0.0674. The maximum atomic E-state index is 13.4. The summed E-state index contributed by atoms with van der Waals surface area (Å²) in [5.74, 6) is -3.81.